The molecule has 0 aliphatic carbocycles. The molecule has 2 aromatic rings. The second kappa shape index (κ2) is 5.69. The van der Waals surface area contributed by atoms with Gasteiger partial charge in [-0.15, -0.1) is 0 Å². The Hall–Kier alpha value is -1.64. The van der Waals surface area contributed by atoms with Gasteiger partial charge in [0.05, 0.1) is 22.5 Å². The Morgan fingerprint density at radius 2 is 1.88 bits per heavy atom. The summed E-state index contributed by atoms with van der Waals surface area (Å²) in [5, 5.41) is 0. The van der Waals surface area contributed by atoms with Crippen molar-refractivity contribution in [3.63, 3.8) is 0 Å². The highest BCUT2D eigenvalue weighted by molar-refractivity contribution is 7.89. The molecule has 25 heavy (non-hydrogen) atoms. The van der Waals surface area contributed by atoms with E-state index in [9.17, 15) is 13.2 Å². The molecule has 0 N–H and O–H groups in total. The highest BCUT2D eigenvalue weighted by atomic mass is 32.2. The summed E-state index contributed by atoms with van der Waals surface area (Å²) in [5.41, 5.74) is 1.16. The second-order valence-electron chi connectivity index (χ2n) is 7.30. The number of aryl methyl sites for hydroxylation is 2. The lowest BCUT2D eigenvalue weighted by Crippen LogP contribution is -2.46. The summed E-state index contributed by atoms with van der Waals surface area (Å²) in [5.74, 6) is 0. The molecule has 8 heteroatoms. The van der Waals surface area contributed by atoms with Crippen LogP contribution in [0.1, 0.15) is 19.3 Å². The first kappa shape index (κ1) is 16.8. The first-order valence-electron chi connectivity index (χ1n) is 8.58. The van der Waals surface area contributed by atoms with Crippen molar-refractivity contribution in [2.24, 2.45) is 19.5 Å². The van der Waals surface area contributed by atoms with Crippen molar-refractivity contribution in [3.05, 3.63) is 28.7 Å². The van der Waals surface area contributed by atoms with Crippen LogP contribution in [0.3, 0.4) is 0 Å². The molecule has 2 aliphatic rings. The van der Waals surface area contributed by atoms with Crippen LogP contribution in [0.2, 0.25) is 0 Å². The van der Waals surface area contributed by atoms with Crippen molar-refractivity contribution in [1.29, 1.82) is 0 Å². The van der Waals surface area contributed by atoms with Gasteiger partial charge in [0.15, 0.2) is 0 Å². The molecule has 3 heterocycles. The molecular formula is C17H23N3O4S. The number of benzene rings is 1. The minimum Gasteiger partial charge on any atom is -0.381 e. The minimum absolute atomic E-state index is 0.0327. The summed E-state index contributed by atoms with van der Waals surface area (Å²) in [6.45, 7) is 2.41. The van der Waals surface area contributed by atoms with Crippen molar-refractivity contribution in [3.8, 4) is 0 Å². The Balaban J connectivity index is 1.74. The van der Waals surface area contributed by atoms with E-state index in [4.69, 9.17) is 4.74 Å². The van der Waals surface area contributed by atoms with Gasteiger partial charge in [-0.05, 0) is 37.5 Å². The fourth-order valence-corrected chi connectivity index (χ4v) is 5.75. The van der Waals surface area contributed by atoms with E-state index in [-0.39, 0.29) is 16.0 Å². The molecule has 2 saturated heterocycles. The monoisotopic (exact) mass is 365 g/mol. The van der Waals surface area contributed by atoms with Gasteiger partial charge in [0, 0.05) is 39.2 Å². The molecule has 1 aromatic carbocycles. The topological polar surface area (TPSA) is 73.5 Å². The van der Waals surface area contributed by atoms with Gasteiger partial charge in [0.2, 0.25) is 10.0 Å². The third-order valence-electron chi connectivity index (χ3n) is 5.69. The van der Waals surface area contributed by atoms with Crippen LogP contribution in [-0.2, 0) is 28.9 Å². The van der Waals surface area contributed by atoms with E-state index in [1.54, 1.807) is 36.6 Å². The average Bonchev–Trinajstić information content (AvgIpc) is 3.14. The van der Waals surface area contributed by atoms with Crippen LogP contribution >= 0.6 is 0 Å². The first-order chi connectivity index (χ1) is 11.8. The molecule has 2 aliphatic heterocycles. The summed E-state index contributed by atoms with van der Waals surface area (Å²) in [7, 11) is -0.237. The number of imidazole rings is 1. The largest absolute Gasteiger partial charge is 0.381 e. The van der Waals surface area contributed by atoms with Gasteiger partial charge in [-0.3, -0.25) is 9.13 Å². The average molecular weight is 365 g/mol. The van der Waals surface area contributed by atoms with Crippen molar-refractivity contribution in [2.45, 2.75) is 24.2 Å². The van der Waals surface area contributed by atoms with Crippen LogP contribution in [0, 0.1) is 5.41 Å². The number of ether oxygens (including phenoxy) is 1. The Labute approximate surface area is 146 Å². The van der Waals surface area contributed by atoms with E-state index in [1.165, 1.54) is 9.13 Å². The highest BCUT2D eigenvalue weighted by Gasteiger charge is 2.42. The van der Waals surface area contributed by atoms with Crippen LogP contribution in [0.15, 0.2) is 27.9 Å². The van der Waals surface area contributed by atoms with Gasteiger partial charge < -0.3 is 4.74 Å². The van der Waals surface area contributed by atoms with Crippen molar-refractivity contribution < 1.29 is 13.2 Å². The van der Waals surface area contributed by atoms with E-state index in [2.05, 4.69) is 0 Å². The van der Waals surface area contributed by atoms with E-state index in [0.29, 0.717) is 31.8 Å². The highest BCUT2D eigenvalue weighted by Crippen LogP contribution is 2.39. The molecule has 1 aromatic heterocycles. The number of fused-ring (bicyclic) bond motifs is 1. The summed E-state index contributed by atoms with van der Waals surface area (Å²) in [6, 6.07) is 4.92. The Morgan fingerprint density at radius 3 is 2.60 bits per heavy atom. The maximum Gasteiger partial charge on any atom is 0.328 e. The number of hydrogen-bond acceptors (Lipinski definition) is 4. The molecule has 0 amide bonds. The SMILES string of the molecule is Cn1c(=O)n(C)c2cc(S(=O)(=O)N3CCC[C@]4(CCOC4)C3)ccc21. The first-order valence-corrected chi connectivity index (χ1v) is 10.0. The summed E-state index contributed by atoms with van der Waals surface area (Å²) in [6.07, 6.45) is 2.80. The number of hydrogen-bond donors (Lipinski definition) is 0. The summed E-state index contributed by atoms with van der Waals surface area (Å²) in [4.78, 5) is 12.3. The number of sulfonamides is 1. The summed E-state index contributed by atoms with van der Waals surface area (Å²) >= 11 is 0. The molecular weight excluding hydrogens is 342 g/mol. The van der Waals surface area contributed by atoms with Crippen molar-refractivity contribution in [2.75, 3.05) is 26.3 Å². The molecule has 4 rings (SSSR count). The zero-order valence-electron chi connectivity index (χ0n) is 14.6. The van der Waals surface area contributed by atoms with Crippen molar-refractivity contribution in [1.82, 2.24) is 13.4 Å². The quantitative estimate of drug-likeness (QED) is 0.798. The van der Waals surface area contributed by atoms with E-state index in [0.717, 1.165) is 24.8 Å². The standard InChI is InChI=1S/C17H23N3O4S/c1-18-14-5-4-13(10-15(14)19(2)16(18)21)25(22,23)20-8-3-6-17(11-20)7-9-24-12-17/h4-5,10H,3,6-9,11-12H2,1-2H3/t17-/m0/s1. The van der Waals surface area contributed by atoms with Gasteiger partial charge in [0.25, 0.3) is 0 Å². The summed E-state index contributed by atoms with van der Waals surface area (Å²) < 4.78 is 36.5. The number of rotatable bonds is 2. The lowest BCUT2D eigenvalue weighted by atomic mass is 9.80. The molecule has 7 nitrogen and oxygen atoms in total. The van der Waals surface area contributed by atoms with Crippen LogP contribution in [-0.4, -0.2) is 48.2 Å². The predicted octanol–water partition coefficient (Wildman–Crippen LogP) is 1.07. The maximum atomic E-state index is 13.2. The van der Waals surface area contributed by atoms with Gasteiger partial charge in [0.1, 0.15) is 0 Å². The molecule has 1 atom stereocenters. The second-order valence-corrected chi connectivity index (χ2v) is 9.23. The fraction of sp³-hybridized carbons (Fsp3) is 0.588. The molecule has 0 radical (unpaired) electrons. The third-order valence-corrected chi connectivity index (χ3v) is 7.53. The Kier molecular flexibility index (Phi) is 3.82. The fourth-order valence-electron chi connectivity index (χ4n) is 4.14. The maximum absolute atomic E-state index is 13.2. The van der Waals surface area contributed by atoms with E-state index < -0.39 is 10.0 Å². The zero-order chi connectivity index (χ0) is 17.8. The van der Waals surface area contributed by atoms with Crippen molar-refractivity contribution >= 4 is 21.1 Å². The number of nitrogens with zero attached hydrogens (tertiary/aromatic N) is 3. The molecule has 1 spiro atoms. The Morgan fingerprint density at radius 1 is 1.12 bits per heavy atom. The smallest absolute Gasteiger partial charge is 0.328 e. The van der Waals surface area contributed by atoms with Gasteiger partial charge in [-0.25, -0.2) is 13.2 Å². The predicted molar refractivity (Wildman–Crippen MR) is 94.0 cm³/mol. The molecule has 136 valence electrons. The molecule has 0 bridgehead atoms. The van der Waals surface area contributed by atoms with Crippen LogP contribution < -0.4 is 5.69 Å². The molecule has 0 saturated carbocycles. The van der Waals surface area contributed by atoms with E-state index >= 15 is 0 Å². The molecule has 2 fully saturated rings. The zero-order valence-corrected chi connectivity index (χ0v) is 15.4. The van der Waals surface area contributed by atoms with Gasteiger partial charge in [-0.2, -0.15) is 4.31 Å². The minimum atomic E-state index is -3.58. The lowest BCUT2D eigenvalue weighted by Gasteiger charge is -2.38. The number of aromatic nitrogens is 2. The normalized spacial score (nSPS) is 25.2. The van der Waals surface area contributed by atoms with Gasteiger partial charge in [-0.1, -0.05) is 0 Å². The Bertz CT molecular complexity index is 983. The third kappa shape index (κ3) is 2.54. The molecule has 0 unspecified atom stereocenters. The lowest BCUT2D eigenvalue weighted by molar-refractivity contribution is 0.105. The number of piperidine rings is 1. The van der Waals surface area contributed by atoms with Crippen LogP contribution in [0.5, 0.6) is 0 Å². The van der Waals surface area contributed by atoms with Gasteiger partial charge >= 0.3 is 5.69 Å². The van der Waals surface area contributed by atoms with Crippen LogP contribution in [0.4, 0.5) is 0 Å². The van der Waals surface area contributed by atoms with E-state index in [1.807, 2.05) is 0 Å². The van der Waals surface area contributed by atoms with Crippen LogP contribution in [0.25, 0.3) is 11.0 Å².